The van der Waals surface area contributed by atoms with E-state index in [2.05, 4.69) is 19.6 Å². The van der Waals surface area contributed by atoms with E-state index in [0.717, 1.165) is 92.5 Å². The Morgan fingerprint density at radius 2 is 0.532 bits per heavy atom. The first-order chi connectivity index (χ1) is 36.4. The fourth-order valence-corrected chi connectivity index (χ4v) is 4.89. The summed E-state index contributed by atoms with van der Waals surface area (Å²) in [5.41, 5.74) is -2.85. The van der Waals surface area contributed by atoms with Crippen LogP contribution in [0.5, 0.6) is 0 Å². The first-order valence-electron chi connectivity index (χ1n) is 26.8. The molecule has 0 aliphatic carbocycles. The van der Waals surface area contributed by atoms with Gasteiger partial charge in [0.05, 0.1) is 25.7 Å². The number of hydrogen-bond acceptors (Lipinski definition) is 24. The predicted molar refractivity (Wildman–Crippen MR) is 284 cm³/mol. The molecule has 1 atom stereocenters. The van der Waals surface area contributed by atoms with Gasteiger partial charge in [-0.05, 0) is 145 Å². The topological polar surface area (TPSA) is 292 Å². The lowest BCUT2D eigenvalue weighted by Gasteiger charge is -2.21. The van der Waals surface area contributed by atoms with Gasteiger partial charge >= 0.3 is 29.8 Å². The summed E-state index contributed by atoms with van der Waals surface area (Å²) in [5.74, 6) is -6.95. The van der Waals surface area contributed by atoms with Gasteiger partial charge in [0.2, 0.25) is 0 Å². The lowest BCUT2D eigenvalue weighted by molar-refractivity contribution is -0.279. The van der Waals surface area contributed by atoms with Gasteiger partial charge in [-0.25, -0.2) is 38.7 Å². The maximum absolute atomic E-state index is 11.5. The largest absolute Gasteiger partial charge is 0.481 e. The number of carbonyl (C=O) groups is 5. The number of ether oxygens (including phenoxy) is 14. The van der Waals surface area contributed by atoms with Gasteiger partial charge in [0.1, 0.15) is 0 Å². The van der Waals surface area contributed by atoms with E-state index >= 15 is 0 Å². The molecule has 1 fully saturated rings. The summed E-state index contributed by atoms with van der Waals surface area (Å²) in [6.45, 7) is 50.8. The molecule has 25 nitrogen and oxygen atoms in total. The van der Waals surface area contributed by atoms with Crippen LogP contribution in [0.15, 0.2) is 0 Å². The van der Waals surface area contributed by atoms with Gasteiger partial charge in [-0.1, -0.05) is 0 Å². The average molecular weight is 1130 g/mol. The number of carboxylic acids is 1. The molecule has 77 heavy (non-hydrogen) atoms. The minimum Gasteiger partial charge on any atom is -0.481 e. The highest BCUT2D eigenvalue weighted by Gasteiger charge is 2.45. The number of rotatable bonds is 30. The molecule has 2 N–H and O–H groups in total. The molecule has 0 bridgehead atoms. The van der Waals surface area contributed by atoms with Crippen molar-refractivity contribution in [1.82, 2.24) is 0 Å². The summed E-state index contributed by atoms with van der Waals surface area (Å²) >= 11 is 0. The van der Waals surface area contributed by atoms with E-state index in [9.17, 15) is 29.1 Å². The van der Waals surface area contributed by atoms with E-state index in [-0.39, 0.29) is 44.0 Å². The summed E-state index contributed by atoms with van der Waals surface area (Å²) in [5, 5.41) is 18.4. The Labute approximate surface area is 462 Å². The van der Waals surface area contributed by atoms with E-state index in [1.165, 1.54) is 0 Å². The van der Waals surface area contributed by atoms with E-state index in [1.54, 1.807) is 0 Å². The zero-order valence-corrected chi connectivity index (χ0v) is 51.1. The zero-order chi connectivity index (χ0) is 60.9. The molecule has 1 aliphatic heterocycles. The summed E-state index contributed by atoms with van der Waals surface area (Å²) in [6, 6.07) is 0. The summed E-state index contributed by atoms with van der Waals surface area (Å²) in [4.78, 5) is 71.4. The highest BCUT2D eigenvalue weighted by Crippen LogP contribution is 2.20. The van der Waals surface area contributed by atoms with Crippen molar-refractivity contribution >= 4 is 29.8 Å². The second-order valence-electron chi connectivity index (χ2n) is 14.4. The van der Waals surface area contributed by atoms with Crippen molar-refractivity contribution in [3.8, 4) is 0 Å². The lowest BCUT2D eigenvalue weighted by Crippen LogP contribution is -2.45. The van der Waals surface area contributed by atoms with Crippen molar-refractivity contribution in [3.63, 3.8) is 0 Å². The number of carboxylic acid groups (broad SMARTS) is 1. The first kappa shape index (κ1) is 87.6. The third-order valence-electron chi connectivity index (χ3n) is 7.85. The molecule has 1 unspecified atom stereocenters. The van der Waals surface area contributed by atoms with Gasteiger partial charge in [-0.15, -0.1) is 0 Å². The molecule has 0 saturated carbocycles. The van der Waals surface area contributed by atoms with Gasteiger partial charge in [0, 0.05) is 92.5 Å². The number of hydrogen-bond donors (Lipinski definition) is 2. The van der Waals surface area contributed by atoms with Crippen LogP contribution in [-0.2, 0) is 110 Å². The van der Waals surface area contributed by atoms with Gasteiger partial charge < -0.3 is 76.5 Å². The standard InChI is InChI=1S/C10H10O11.7C6H14O2/c11-5(12)3-10(17)4-8(15)20-18-6(13)1-2-7(14)19-21-9(10)16;7*1-4-7-6(3)8-5-2/h17H,1-4H2,(H,11,12);7*6H,4-5H2,1-3H3. The Hall–Kier alpha value is -3.25. The van der Waals surface area contributed by atoms with Crippen LogP contribution in [0.4, 0.5) is 0 Å². The maximum atomic E-state index is 11.5. The Bertz CT molecular complexity index is 1090. The average Bonchev–Trinajstić information content (AvgIpc) is 3.34. The van der Waals surface area contributed by atoms with E-state index in [0.29, 0.717) is 0 Å². The van der Waals surface area contributed by atoms with E-state index < -0.39 is 61.1 Å². The van der Waals surface area contributed by atoms with Crippen LogP contribution in [0.3, 0.4) is 0 Å². The molecule has 0 aromatic heterocycles. The highest BCUT2D eigenvalue weighted by molar-refractivity contribution is 5.90. The zero-order valence-electron chi connectivity index (χ0n) is 51.1. The van der Waals surface area contributed by atoms with E-state index in [4.69, 9.17) is 71.4 Å². The smallest absolute Gasteiger partial charge is 0.387 e. The molecule has 1 rings (SSSR count). The third-order valence-corrected chi connectivity index (χ3v) is 7.85. The summed E-state index contributed by atoms with van der Waals surface area (Å²) < 4.78 is 70.8. The van der Waals surface area contributed by atoms with Gasteiger partial charge in [0.15, 0.2) is 49.6 Å². The molecular formula is C52H108O25. The Morgan fingerprint density at radius 3 is 0.701 bits per heavy atom. The summed E-state index contributed by atoms with van der Waals surface area (Å²) in [7, 11) is 0. The fraction of sp³-hybridized carbons (Fsp3) is 0.904. The molecule has 0 spiro atoms. The SMILES string of the molecule is CCOC(C)OCC.CCOC(C)OCC.CCOC(C)OCC.CCOC(C)OCC.CCOC(C)OCC.CCOC(C)OCC.CCOC(C)OCC.O=C(O)CC1(O)CC(=O)OOC(=O)CCC(=O)OOC1=O. The Morgan fingerprint density at radius 1 is 0.364 bits per heavy atom. The van der Waals surface area contributed by atoms with Gasteiger partial charge in [-0.2, -0.15) is 0 Å². The van der Waals surface area contributed by atoms with Crippen LogP contribution in [0, 0.1) is 0 Å². The van der Waals surface area contributed by atoms with Crippen molar-refractivity contribution in [2.45, 2.75) is 221 Å². The minimum absolute atomic E-state index is 0.0370. The van der Waals surface area contributed by atoms with Crippen LogP contribution >= 0.6 is 0 Å². The molecule has 0 amide bonds. The van der Waals surface area contributed by atoms with Crippen LogP contribution in [-0.4, -0.2) is 182 Å². The van der Waals surface area contributed by atoms with Crippen LogP contribution in [0.2, 0.25) is 0 Å². The molecule has 0 aromatic rings. The van der Waals surface area contributed by atoms with Crippen molar-refractivity contribution in [1.29, 1.82) is 0 Å². The molecule has 1 aliphatic rings. The molecule has 0 aromatic carbocycles. The van der Waals surface area contributed by atoms with Gasteiger partial charge in [-0.3, -0.25) is 4.79 Å². The molecule has 1 saturated heterocycles. The van der Waals surface area contributed by atoms with Crippen molar-refractivity contribution in [3.05, 3.63) is 0 Å². The number of aliphatic hydroxyl groups is 1. The molecular weight excluding hydrogens is 1020 g/mol. The summed E-state index contributed by atoms with van der Waals surface area (Å²) in [6.07, 6.45) is -3.75. The number of carbonyl (C=O) groups excluding carboxylic acids is 4. The quantitative estimate of drug-likeness (QED) is 0.0505. The first-order valence-corrected chi connectivity index (χ1v) is 26.8. The molecule has 25 heteroatoms. The fourth-order valence-electron chi connectivity index (χ4n) is 4.89. The lowest BCUT2D eigenvalue weighted by atomic mass is 9.96. The van der Waals surface area contributed by atoms with E-state index in [1.807, 2.05) is 145 Å². The monoisotopic (exact) mass is 1130 g/mol. The van der Waals surface area contributed by atoms with Crippen LogP contribution < -0.4 is 0 Å². The number of aliphatic carboxylic acids is 1. The second-order valence-corrected chi connectivity index (χ2v) is 14.4. The third kappa shape index (κ3) is 74.9. The van der Waals surface area contributed by atoms with Crippen molar-refractivity contribution in [2.75, 3.05) is 92.5 Å². The normalized spacial score (nSPS) is 14.4. The molecule has 466 valence electrons. The second kappa shape index (κ2) is 67.0. The van der Waals surface area contributed by atoms with Crippen LogP contribution in [0.1, 0.15) is 171 Å². The van der Waals surface area contributed by atoms with Crippen molar-refractivity contribution in [2.24, 2.45) is 0 Å². The Balaban J connectivity index is -0.000000152. The Kier molecular flexibility index (Phi) is 76.3. The molecule has 1 heterocycles. The van der Waals surface area contributed by atoms with Gasteiger partial charge in [0.25, 0.3) is 0 Å². The van der Waals surface area contributed by atoms with Crippen LogP contribution in [0.25, 0.3) is 0 Å². The maximum Gasteiger partial charge on any atom is 0.387 e. The highest BCUT2D eigenvalue weighted by atomic mass is 17.2. The minimum atomic E-state index is -2.85. The molecule has 0 radical (unpaired) electrons. The predicted octanol–water partition coefficient (Wildman–Crippen LogP) is 8.22. The van der Waals surface area contributed by atoms with Crippen molar-refractivity contribution < 1.29 is 120 Å².